The van der Waals surface area contributed by atoms with Crippen molar-refractivity contribution >= 4 is 11.7 Å². The fraction of sp³-hybridized carbons (Fsp3) is 0.714. The maximum Gasteiger partial charge on any atom is 0.408 e. The van der Waals surface area contributed by atoms with Crippen molar-refractivity contribution in [3.63, 3.8) is 0 Å². The molecule has 6 nitrogen and oxygen atoms in total. The molecule has 1 fully saturated rings. The molecule has 0 spiro atoms. The summed E-state index contributed by atoms with van der Waals surface area (Å²) < 4.78 is 37.5. The van der Waals surface area contributed by atoms with Gasteiger partial charge in [0.15, 0.2) is 0 Å². The van der Waals surface area contributed by atoms with Crippen LogP contribution in [-0.4, -0.2) is 51.7 Å². The third-order valence-electron chi connectivity index (χ3n) is 3.95. The minimum Gasteiger partial charge on any atom is -0.393 e. The fourth-order valence-electron chi connectivity index (χ4n) is 2.75. The average Bonchev–Trinajstić information content (AvgIpc) is 2.86. The Kier molecular flexibility index (Phi) is 5.51. The smallest absolute Gasteiger partial charge is 0.393 e. The number of hydrogen-bond acceptors (Lipinski definition) is 3. The van der Waals surface area contributed by atoms with Crippen molar-refractivity contribution in [1.82, 2.24) is 14.7 Å². The van der Waals surface area contributed by atoms with Gasteiger partial charge in [0.05, 0.1) is 18.0 Å². The lowest BCUT2D eigenvalue weighted by atomic mass is 9.86. The molecule has 1 aliphatic carbocycles. The molecule has 2 unspecified atom stereocenters. The van der Waals surface area contributed by atoms with Crippen molar-refractivity contribution in [1.29, 1.82) is 0 Å². The molecular formula is C14H21F3N4O2. The molecule has 0 aromatic carbocycles. The average molecular weight is 334 g/mol. The van der Waals surface area contributed by atoms with E-state index in [9.17, 15) is 23.1 Å². The Hall–Kier alpha value is -1.77. The van der Waals surface area contributed by atoms with Gasteiger partial charge in [-0.1, -0.05) is 12.8 Å². The van der Waals surface area contributed by atoms with Crippen molar-refractivity contribution in [3.8, 4) is 0 Å². The van der Waals surface area contributed by atoms with E-state index in [4.69, 9.17) is 0 Å². The minimum atomic E-state index is -4.36. The molecule has 0 radical (unpaired) electrons. The van der Waals surface area contributed by atoms with Gasteiger partial charge in [-0.05, 0) is 12.8 Å². The third-order valence-corrected chi connectivity index (χ3v) is 3.95. The third kappa shape index (κ3) is 5.42. The number of nitrogens with one attached hydrogen (secondary N) is 1. The van der Waals surface area contributed by atoms with E-state index in [0.717, 1.165) is 36.6 Å². The molecule has 1 aromatic rings. The number of amides is 2. The molecule has 0 aliphatic heterocycles. The maximum absolute atomic E-state index is 12.3. The molecule has 130 valence electrons. The number of hydrogen-bond donors (Lipinski definition) is 2. The summed E-state index contributed by atoms with van der Waals surface area (Å²) in [5.74, 6) is 0.0347. The van der Waals surface area contributed by atoms with Crippen molar-refractivity contribution in [2.45, 2.75) is 44.5 Å². The van der Waals surface area contributed by atoms with Crippen LogP contribution in [-0.2, 0) is 6.54 Å². The number of anilines is 1. The number of aliphatic hydroxyl groups is 1. The predicted octanol–water partition coefficient (Wildman–Crippen LogP) is 2.46. The van der Waals surface area contributed by atoms with Crippen LogP contribution >= 0.6 is 0 Å². The summed E-state index contributed by atoms with van der Waals surface area (Å²) in [5.41, 5.74) is 0.204. The zero-order valence-electron chi connectivity index (χ0n) is 12.9. The van der Waals surface area contributed by atoms with E-state index in [2.05, 4.69) is 10.4 Å². The number of carbonyl (C=O) groups is 1. The zero-order valence-corrected chi connectivity index (χ0v) is 12.9. The highest BCUT2D eigenvalue weighted by Gasteiger charge is 2.29. The zero-order chi connectivity index (χ0) is 17.0. The monoisotopic (exact) mass is 334 g/mol. The first kappa shape index (κ1) is 17.6. The van der Waals surface area contributed by atoms with Crippen LogP contribution in [0.1, 0.15) is 25.7 Å². The molecule has 1 aromatic heterocycles. The van der Waals surface area contributed by atoms with Gasteiger partial charge >= 0.3 is 12.2 Å². The van der Waals surface area contributed by atoms with Crippen LogP contribution in [0.4, 0.5) is 23.7 Å². The number of halogens is 3. The minimum absolute atomic E-state index is 0.0347. The molecule has 2 N–H and O–H groups in total. The van der Waals surface area contributed by atoms with Gasteiger partial charge in [0, 0.05) is 25.7 Å². The Bertz CT molecular complexity index is 532. The number of aromatic nitrogens is 2. The second kappa shape index (κ2) is 7.20. The normalized spacial score (nSPS) is 22.0. The van der Waals surface area contributed by atoms with E-state index >= 15 is 0 Å². The van der Waals surface area contributed by atoms with Gasteiger partial charge in [0.2, 0.25) is 0 Å². The van der Waals surface area contributed by atoms with E-state index in [0.29, 0.717) is 6.54 Å². The van der Waals surface area contributed by atoms with Gasteiger partial charge in [-0.25, -0.2) is 4.79 Å². The van der Waals surface area contributed by atoms with E-state index in [1.54, 1.807) is 7.05 Å². The highest BCUT2D eigenvalue weighted by Crippen LogP contribution is 2.25. The standard InChI is InChI=1S/C14H21F3N4O2/c1-20(7-10-4-2-3-5-12(10)22)13(23)19-11-6-18-21(8-11)9-14(15,16)17/h6,8,10,12,22H,2-5,7,9H2,1H3,(H,19,23). The Morgan fingerprint density at radius 2 is 2.17 bits per heavy atom. The number of nitrogens with zero attached hydrogens (tertiary/aromatic N) is 3. The first-order valence-corrected chi connectivity index (χ1v) is 7.54. The number of alkyl halides is 3. The van der Waals surface area contributed by atoms with E-state index in [1.807, 2.05) is 0 Å². The molecule has 1 saturated carbocycles. The second-order valence-electron chi connectivity index (χ2n) is 5.96. The van der Waals surface area contributed by atoms with Crippen LogP contribution in [0.3, 0.4) is 0 Å². The number of carbonyl (C=O) groups excluding carboxylic acids is 1. The fourth-order valence-corrected chi connectivity index (χ4v) is 2.75. The molecule has 2 rings (SSSR count). The number of rotatable bonds is 4. The Labute approximate surface area is 132 Å². The van der Waals surface area contributed by atoms with Crippen LogP contribution < -0.4 is 5.32 Å². The topological polar surface area (TPSA) is 70.4 Å². The first-order chi connectivity index (χ1) is 10.7. The van der Waals surface area contributed by atoms with Crippen molar-refractivity contribution < 1.29 is 23.1 Å². The van der Waals surface area contributed by atoms with Crippen LogP contribution in [0, 0.1) is 5.92 Å². The highest BCUT2D eigenvalue weighted by atomic mass is 19.4. The lowest BCUT2D eigenvalue weighted by Gasteiger charge is -2.31. The molecule has 1 heterocycles. The van der Waals surface area contributed by atoms with Gasteiger partial charge in [0.25, 0.3) is 0 Å². The van der Waals surface area contributed by atoms with Gasteiger partial charge in [-0.15, -0.1) is 0 Å². The Balaban J connectivity index is 1.86. The molecular weight excluding hydrogens is 313 g/mol. The summed E-state index contributed by atoms with van der Waals surface area (Å²) in [6.45, 7) is -0.795. The molecule has 9 heteroatoms. The molecule has 1 aliphatic rings. The lowest BCUT2D eigenvalue weighted by Crippen LogP contribution is -2.40. The van der Waals surface area contributed by atoms with Crippen LogP contribution in [0.15, 0.2) is 12.4 Å². The number of aliphatic hydroxyl groups excluding tert-OH is 1. The molecule has 0 saturated heterocycles. The first-order valence-electron chi connectivity index (χ1n) is 7.54. The van der Waals surface area contributed by atoms with Crippen LogP contribution in [0.25, 0.3) is 0 Å². The summed E-state index contributed by atoms with van der Waals surface area (Å²) in [4.78, 5) is 13.5. The largest absolute Gasteiger partial charge is 0.408 e. The van der Waals surface area contributed by atoms with E-state index < -0.39 is 24.9 Å². The maximum atomic E-state index is 12.3. The second-order valence-corrected chi connectivity index (χ2v) is 5.96. The predicted molar refractivity (Wildman–Crippen MR) is 77.9 cm³/mol. The summed E-state index contributed by atoms with van der Waals surface area (Å²) in [6, 6.07) is -0.436. The lowest BCUT2D eigenvalue weighted by molar-refractivity contribution is -0.142. The van der Waals surface area contributed by atoms with Crippen LogP contribution in [0.2, 0.25) is 0 Å². The van der Waals surface area contributed by atoms with Crippen molar-refractivity contribution in [3.05, 3.63) is 12.4 Å². The van der Waals surface area contributed by atoms with Gasteiger partial charge in [-0.3, -0.25) is 4.68 Å². The summed E-state index contributed by atoms with van der Waals surface area (Å²) in [7, 11) is 1.59. The van der Waals surface area contributed by atoms with Crippen molar-refractivity contribution in [2.24, 2.45) is 5.92 Å². The Morgan fingerprint density at radius 1 is 1.48 bits per heavy atom. The summed E-state index contributed by atoms with van der Waals surface area (Å²) >= 11 is 0. The van der Waals surface area contributed by atoms with Crippen LogP contribution in [0.5, 0.6) is 0 Å². The highest BCUT2D eigenvalue weighted by molar-refractivity contribution is 5.88. The molecule has 2 atom stereocenters. The Morgan fingerprint density at radius 3 is 2.83 bits per heavy atom. The van der Waals surface area contributed by atoms with Gasteiger partial charge in [-0.2, -0.15) is 18.3 Å². The van der Waals surface area contributed by atoms with Crippen molar-refractivity contribution in [2.75, 3.05) is 18.9 Å². The SMILES string of the molecule is CN(CC1CCCCC1O)C(=O)Nc1cnn(CC(F)(F)F)c1. The van der Waals surface area contributed by atoms with E-state index in [1.165, 1.54) is 11.1 Å². The molecule has 23 heavy (non-hydrogen) atoms. The number of urea groups is 1. The molecule has 2 amide bonds. The summed E-state index contributed by atoms with van der Waals surface area (Å²) in [5, 5.41) is 16.0. The van der Waals surface area contributed by atoms with E-state index in [-0.39, 0.29) is 11.6 Å². The summed E-state index contributed by atoms with van der Waals surface area (Å²) in [6.07, 6.45) is 1.16. The quantitative estimate of drug-likeness (QED) is 0.889. The van der Waals surface area contributed by atoms with Gasteiger partial charge in [0.1, 0.15) is 6.54 Å². The molecule has 0 bridgehead atoms. The van der Waals surface area contributed by atoms with Gasteiger partial charge < -0.3 is 15.3 Å².